The number of hydrogen-bond acceptors (Lipinski definition) is 6. The fourth-order valence-electron chi connectivity index (χ4n) is 5.93. The summed E-state index contributed by atoms with van der Waals surface area (Å²) in [6, 6.07) is 24.4. The van der Waals surface area contributed by atoms with Gasteiger partial charge in [-0.2, -0.15) is 0 Å². The first kappa shape index (κ1) is 39.2. The van der Waals surface area contributed by atoms with Gasteiger partial charge >= 0.3 is 0 Å². The number of pyridine rings is 2. The zero-order valence-corrected chi connectivity index (χ0v) is 33.9. The van der Waals surface area contributed by atoms with Crippen LogP contribution in [0.2, 0.25) is 0 Å². The van der Waals surface area contributed by atoms with Crippen LogP contribution in [-0.2, 0) is 30.3 Å². The number of benzene rings is 2. The minimum atomic E-state index is -0.337. The third kappa shape index (κ3) is 7.96. The van der Waals surface area contributed by atoms with Gasteiger partial charge in [0.25, 0.3) is 0 Å². The van der Waals surface area contributed by atoms with E-state index >= 15 is 0 Å². The van der Waals surface area contributed by atoms with Crippen molar-refractivity contribution in [2.45, 2.75) is 93.4 Å². The number of rotatable bonds is 9. The Morgan fingerprint density at radius 3 is 2.22 bits per heavy atom. The number of ketones is 1. The van der Waals surface area contributed by atoms with Gasteiger partial charge in [0.1, 0.15) is 21.9 Å². The maximum absolute atomic E-state index is 12.2. The van der Waals surface area contributed by atoms with E-state index in [0.717, 1.165) is 75.0 Å². The fraction of sp³-hybridized carbons (Fsp3) is 0.372. The van der Waals surface area contributed by atoms with Crippen molar-refractivity contribution >= 4 is 49.1 Å². The van der Waals surface area contributed by atoms with E-state index in [-0.39, 0.29) is 47.9 Å². The molecule has 0 spiro atoms. The molecule has 1 N–H and O–H groups in total. The van der Waals surface area contributed by atoms with Gasteiger partial charge in [-0.05, 0) is 66.8 Å². The number of aromatic nitrogens is 2. The van der Waals surface area contributed by atoms with Crippen LogP contribution in [0.25, 0.3) is 54.7 Å². The molecule has 0 fully saturated rings. The quantitative estimate of drug-likeness (QED) is 0.0890. The van der Waals surface area contributed by atoms with Crippen LogP contribution in [0.15, 0.2) is 88.5 Å². The number of carbonyl (C=O) groups excluding carboxylic acids is 1. The van der Waals surface area contributed by atoms with Crippen LogP contribution in [0, 0.1) is 16.9 Å². The Hall–Kier alpha value is -3.64. The monoisotopic (exact) mass is 866 g/mol. The molecule has 0 amide bonds. The molecule has 0 aliphatic rings. The summed E-state index contributed by atoms with van der Waals surface area (Å²) in [7, 11) is 0. The SMILES string of the molecule is CC(C)(C)c1cc(-c2nccc3cc(-c4ccc5ccsc5n4)oc23)[c-]c2ccccc12.CCC(C)(CC)C(=O)/C=C(\O)C(C)(CC)CC.[Ir]. The molecular weight excluding hydrogens is 817 g/mol. The van der Waals surface area contributed by atoms with Crippen molar-refractivity contribution in [3.8, 4) is 22.7 Å². The van der Waals surface area contributed by atoms with Gasteiger partial charge in [-0.25, -0.2) is 4.98 Å². The van der Waals surface area contributed by atoms with Gasteiger partial charge in [0, 0.05) is 59.7 Å². The molecular formula is C43H49IrN2O3S-. The first-order chi connectivity index (χ1) is 23.3. The second kappa shape index (κ2) is 15.7. The number of fused-ring (bicyclic) bond motifs is 3. The van der Waals surface area contributed by atoms with Gasteiger partial charge < -0.3 is 9.52 Å². The summed E-state index contributed by atoms with van der Waals surface area (Å²) < 4.78 is 6.36. The number of carbonyl (C=O) groups is 1. The van der Waals surface area contributed by atoms with Crippen molar-refractivity contribution in [2.24, 2.45) is 10.8 Å². The maximum atomic E-state index is 12.2. The van der Waals surface area contributed by atoms with Crippen molar-refractivity contribution in [3.05, 3.63) is 95.7 Å². The van der Waals surface area contributed by atoms with Crippen LogP contribution in [0.4, 0.5) is 0 Å². The van der Waals surface area contributed by atoms with Gasteiger partial charge in [0.15, 0.2) is 11.5 Å². The summed E-state index contributed by atoms with van der Waals surface area (Å²) in [5.74, 6) is 1.04. The molecule has 0 bridgehead atoms. The Labute approximate surface area is 314 Å². The predicted octanol–water partition coefficient (Wildman–Crippen LogP) is 12.7. The van der Waals surface area contributed by atoms with E-state index in [9.17, 15) is 9.90 Å². The van der Waals surface area contributed by atoms with Gasteiger partial charge in [0.2, 0.25) is 0 Å². The molecule has 1 radical (unpaired) electrons. The second-order valence-electron chi connectivity index (χ2n) is 14.5. The molecule has 0 saturated heterocycles. The molecule has 4 heterocycles. The van der Waals surface area contributed by atoms with Gasteiger partial charge in [-0.1, -0.05) is 91.5 Å². The molecule has 0 saturated carbocycles. The second-order valence-corrected chi connectivity index (χ2v) is 15.4. The summed E-state index contributed by atoms with van der Waals surface area (Å²) in [6.07, 6.45) is 6.59. The average Bonchev–Trinajstić information content (AvgIpc) is 3.77. The van der Waals surface area contributed by atoms with Crippen LogP contribution in [0.3, 0.4) is 0 Å². The minimum Gasteiger partial charge on any atom is -0.512 e. The molecule has 7 heteroatoms. The van der Waals surface area contributed by atoms with Crippen LogP contribution < -0.4 is 0 Å². The molecule has 6 rings (SSSR count). The molecule has 6 aromatic rings. The zero-order chi connectivity index (χ0) is 35.6. The molecule has 5 nitrogen and oxygen atoms in total. The number of aliphatic hydroxyl groups is 1. The standard InChI is InChI=1S/C28H21N2OS.C15H28O2.Ir/c1-28(2,3)22-15-20(14-18-6-4-5-7-21(18)22)25-26-19(10-12-29-25)16-24(31-26)23-9-8-17-11-13-32-27(17)30-23;1-7-14(5,8-2)12(16)11-13(17)15(6,9-3)10-4;/h4-13,15-16H,1-3H3;11,16H,7-10H2,1-6H3;/q-1;;/b;12-11-;. The maximum Gasteiger partial charge on any atom is 0.164 e. The normalized spacial score (nSPS) is 12.5. The van der Waals surface area contributed by atoms with E-state index in [1.807, 2.05) is 65.9 Å². The predicted molar refractivity (Wildman–Crippen MR) is 206 cm³/mol. The molecule has 0 aliphatic carbocycles. The van der Waals surface area contributed by atoms with Crippen molar-refractivity contribution in [3.63, 3.8) is 0 Å². The van der Waals surface area contributed by atoms with Crippen molar-refractivity contribution in [2.75, 3.05) is 0 Å². The number of aliphatic hydroxyl groups excluding tert-OH is 1. The third-order valence-corrected chi connectivity index (χ3v) is 11.3. The van der Waals surface area contributed by atoms with Crippen LogP contribution in [0.1, 0.15) is 93.6 Å². The third-order valence-electron chi connectivity index (χ3n) is 10.4. The summed E-state index contributed by atoms with van der Waals surface area (Å²) >= 11 is 1.64. The summed E-state index contributed by atoms with van der Waals surface area (Å²) in [6.45, 7) is 18.8. The molecule has 265 valence electrons. The van der Waals surface area contributed by atoms with Crippen molar-refractivity contribution in [1.29, 1.82) is 0 Å². The summed E-state index contributed by atoms with van der Waals surface area (Å²) in [5.41, 5.74) is 4.02. The van der Waals surface area contributed by atoms with Gasteiger partial charge in [-0.15, -0.1) is 40.5 Å². The van der Waals surface area contributed by atoms with Crippen LogP contribution in [0.5, 0.6) is 0 Å². The average molecular weight is 866 g/mol. The van der Waals surface area contributed by atoms with Crippen molar-refractivity contribution < 1.29 is 34.4 Å². The number of allylic oxidation sites excluding steroid dienone is 2. The van der Waals surface area contributed by atoms with Crippen molar-refractivity contribution in [1.82, 2.24) is 9.97 Å². The van der Waals surface area contributed by atoms with Crippen LogP contribution >= 0.6 is 11.3 Å². The van der Waals surface area contributed by atoms with E-state index in [2.05, 4.69) is 74.7 Å². The molecule has 0 aliphatic heterocycles. The van der Waals surface area contributed by atoms with Gasteiger partial charge in [-0.3, -0.25) is 9.78 Å². The Bertz CT molecular complexity index is 2130. The Balaban J connectivity index is 0.000000269. The fourth-order valence-corrected chi connectivity index (χ4v) is 6.69. The summed E-state index contributed by atoms with van der Waals surface area (Å²) in [4.78, 5) is 22.7. The Morgan fingerprint density at radius 2 is 1.56 bits per heavy atom. The van der Waals surface area contributed by atoms with E-state index < -0.39 is 0 Å². The minimum absolute atomic E-state index is 0. The Morgan fingerprint density at radius 1 is 0.880 bits per heavy atom. The van der Waals surface area contributed by atoms with E-state index in [1.54, 1.807) is 11.3 Å². The van der Waals surface area contributed by atoms with E-state index in [4.69, 9.17) is 14.4 Å². The number of hydrogen-bond donors (Lipinski definition) is 1. The number of thiophene rings is 1. The molecule has 0 unspecified atom stereocenters. The first-order valence-electron chi connectivity index (χ1n) is 17.4. The molecule has 2 aromatic carbocycles. The number of nitrogens with zero attached hydrogens (tertiary/aromatic N) is 2. The molecule has 50 heavy (non-hydrogen) atoms. The first-order valence-corrected chi connectivity index (χ1v) is 18.3. The molecule has 4 aromatic heterocycles. The largest absolute Gasteiger partial charge is 0.512 e. The Kier molecular flexibility index (Phi) is 12.3. The van der Waals surface area contributed by atoms with E-state index in [0.29, 0.717) is 0 Å². The van der Waals surface area contributed by atoms with Crippen LogP contribution in [-0.4, -0.2) is 20.9 Å². The van der Waals surface area contributed by atoms with Gasteiger partial charge in [0.05, 0.1) is 0 Å². The zero-order valence-electron chi connectivity index (χ0n) is 30.7. The van der Waals surface area contributed by atoms with E-state index in [1.165, 1.54) is 17.0 Å². The topological polar surface area (TPSA) is 76.2 Å². The molecule has 0 atom stereocenters. The number of furan rings is 1. The summed E-state index contributed by atoms with van der Waals surface area (Å²) in [5, 5.41) is 16.7. The smallest absolute Gasteiger partial charge is 0.164 e.